The number of nitrogens with zero attached hydrogens (tertiary/aromatic N) is 1. The van der Waals surface area contributed by atoms with E-state index >= 15 is 0 Å². The predicted molar refractivity (Wildman–Crippen MR) is 60.3 cm³/mol. The second-order valence-electron chi connectivity index (χ2n) is 4.35. The molecule has 1 aromatic rings. The van der Waals surface area contributed by atoms with Crippen molar-refractivity contribution in [2.24, 2.45) is 5.73 Å². The SMILES string of the molecule is N#Cc1ccc(C2CCC(N)CC2)cc1. The minimum absolute atomic E-state index is 0.402. The van der Waals surface area contributed by atoms with Gasteiger partial charge in [-0.15, -0.1) is 0 Å². The zero-order chi connectivity index (χ0) is 10.7. The van der Waals surface area contributed by atoms with Gasteiger partial charge < -0.3 is 5.73 Å². The molecule has 2 heteroatoms. The molecule has 0 atom stereocenters. The van der Waals surface area contributed by atoms with Gasteiger partial charge in [-0.2, -0.15) is 5.26 Å². The molecular formula is C13H16N2. The van der Waals surface area contributed by atoms with Crippen LogP contribution in [-0.4, -0.2) is 6.04 Å². The average Bonchev–Trinajstić information content (AvgIpc) is 2.30. The lowest BCUT2D eigenvalue weighted by molar-refractivity contribution is 0.395. The van der Waals surface area contributed by atoms with Crippen LogP contribution in [0.5, 0.6) is 0 Å². The van der Waals surface area contributed by atoms with Gasteiger partial charge in [-0.25, -0.2) is 0 Å². The third-order valence-corrected chi connectivity index (χ3v) is 3.28. The highest BCUT2D eigenvalue weighted by Gasteiger charge is 2.19. The Morgan fingerprint density at radius 3 is 2.20 bits per heavy atom. The maximum Gasteiger partial charge on any atom is 0.0991 e. The normalized spacial score (nSPS) is 25.9. The Hall–Kier alpha value is -1.33. The van der Waals surface area contributed by atoms with Crippen LogP contribution in [-0.2, 0) is 0 Å². The number of hydrogen-bond acceptors (Lipinski definition) is 2. The van der Waals surface area contributed by atoms with Gasteiger partial charge in [0.25, 0.3) is 0 Å². The minimum Gasteiger partial charge on any atom is -0.328 e. The summed E-state index contributed by atoms with van der Waals surface area (Å²) >= 11 is 0. The molecule has 1 aromatic carbocycles. The van der Waals surface area contributed by atoms with Gasteiger partial charge in [0.05, 0.1) is 11.6 Å². The van der Waals surface area contributed by atoms with E-state index in [0.717, 1.165) is 18.4 Å². The van der Waals surface area contributed by atoms with E-state index in [-0.39, 0.29) is 0 Å². The van der Waals surface area contributed by atoms with Crippen LogP contribution in [0.15, 0.2) is 24.3 Å². The predicted octanol–water partition coefficient (Wildman–Crippen LogP) is 2.54. The molecule has 0 bridgehead atoms. The smallest absolute Gasteiger partial charge is 0.0991 e. The molecule has 0 unspecified atom stereocenters. The van der Waals surface area contributed by atoms with Crippen molar-refractivity contribution < 1.29 is 0 Å². The van der Waals surface area contributed by atoms with Gasteiger partial charge in [-0.3, -0.25) is 0 Å². The fourth-order valence-corrected chi connectivity index (χ4v) is 2.28. The van der Waals surface area contributed by atoms with Gasteiger partial charge in [-0.05, 0) is 49.3 Å². The lowest BCUT2D eigenvalue weighted by atomic mass is 9.82. The summed E-state index contributed by atoms with van der Waals surface area (Å²) < 4.78 is 0. The Bertz CT molecular complexity index is 353. The molecule has 1 fully saturated rings. The molecule has 15 heavy (non-hydrogen) atoms. The Morgan fingerprint density at radius 2 is 1.67 bits per heavy atom. The van der Waals surface area contributed by atoms with Crippen molar-refractivity contribution in [2.75, 3.05) is 0 Å². The lowest BCUT2D eigenvalue weighted by Crippen LogP contribution is -2.25. The minimum atomic E-state index is 0.402. The zero-order valence-corrected chi connectivity index (χ0v) is 8.82. The zero-order valence-electron chi connectivity index (χ0n) is 8.82. The van der Waals surface area contributed by atoms with E-state index in [4.69, 9.17) is 11.0 Å². The fourth-order valence-electron chi connectivity index (χ4n) is 2.28. The molecular weight excluding hydrogens is 184 g/mol. The molecule has 1 saturated carbocycles. The first-order valence-electron chi connectivity index (χ1n) is 5.55. The van der Waals surface area contributed by atoms with Crippen molar-refractivity contribution in [3.63, 3.8) is 0 Å². The number of hydrogen-bond donors (Lipinski definition) is 1. The Balaban J connectivity index is 2.07. The Kier molecular flexibility index (Phi) is 3.03. The van der Waals surface area contributed by atoms with Gasteiger partial charge in [0.2, 0.25) is 0 Å². The van der Waals surface area contributed by atoms with Gasteiger partial charge in [0, 0.05) is 6.04 Å². The van der Waals surface area contributed by atoms with Crippen molar-refractivity contribution >= 4 is 0 Å². The monoisotopic (exact) mass is 200 g/mol. The standard InChI is InChI=1S/C13H16N2/c14-9-10-1-3-11(4-2-10)12-5-7-13(15)8-6-12/h1-4,12-13H,5-8,15H2. The van der Waals surface area contributed by atoms with E-state index in [0.29, 0.717) is 12.0 Å². The summed E-state index contributed by atoms with van der Waals surface area (Å²) in [6.07, 6.45) is 4.63. The van der Waals surface area contributed by atoms with Gasteiger partial charge >= 0.3 is 0 Å². The molecule has 78 valence electrons. The fraction of sp³-hybridized carbons (Fsp3) is 0.462. The highest BCUT2D eigenvalue weighted by Crippen LogP contribution is 2.32. The summed E-state index contributed by atoms with van der Waals surface area (Å²) in [5.41, 5.74) is 7.98. The maximum absolute atomic E-state index is 8.71. The molecule has 1 aliphatic carbocycles. The topological polar surface area (TPSA) is 49.8 Å². The van der Waals surface area contributed by atoms with Crippen LogP contribution in [0.25, 0.3) is 0 Å². The summed E-state index contributed by atoms with van der Waals surface area (Å²) in [6.45, 7) is 0. The maximum atomic E-state index is 8.71. The van der Waals surface area contributed by atoms with E-state index in [1.54, 1.807) is 0 Å². The van der Waals surface area contributed by atoms with E-state index in [1.807, 2.05) is 12.1 Å². The third kappa shape index (κ3) is 2.37. The molecule has 0 amide bonds. The number of benzene rings is 1. The first kappa shape index (κ1) is 10.2. The third-order valence-electron chi connectivity index (χ3n) is 3.28. The summed E-state index contributed by atoms with van der Waals surface area (Å²) in [5.74, 6) is 0.651. The van der Waals surface area contributed by atoms with Crippen LogP contribution in [0.1, 0.15) is 42.7 Å². The molecule has 2 N–H and O–H groups in total. The van der Waals surface area contributed by atoms with Gasteiger partial charge in [0.1, 0.15) is 0 Å². The quantitative estimate of drug-likeness (QED) is 0.757. The molecule has 2 rings (SSSR count). The van der Waals surface area contributed by atoms with Crippen LogP contribution < -0.4 is 5.73 Å². The summed E-state index contributed by atoms with van der Waals surface area (Å²) in [7, 11) is 0. The molecule has 2 nitrogen and oxygen atoms in total. The second-order valence-corrected chi connectivity index (χ2v) is 4.35. The van der Waals surface area contributed by atoms with Crippen molar-refractivity contribution in [1.82, 2.24) is 0 Å². The largest absolute Gasteiger partial charge is 0.328 e. The van der Waals surface area contributed by atoms with Gasteiger partial charge in [-0.1, -0.05) is 12.1 Å². The highest BCUT2D eigenvalue weighted by molar-refractivity contribution is 5.33. The number of rotatable bonds is 1. The summed E-state index contributed by atoms with van der Waals surface area (Å²) in [4.78, 5) is 0. The Labute approximate surface area is 90.7 Å². The average molecular weight is 200 g/mol. The molecule has 0 aromatic heterocycles. The van der Waals surface area contributed by atoms with Crippen molar-refractivity contribution in [1.29, 1.82) is 5.26 Å². The highest BCUT2D eigenvalue weighted by atomic mass is 14.6. The summed E-state index contributed by atoms with van der Waals surface area (Å²) in [6, 6.07) is 10.5. The van der Waals surface area contributed by atoms with Crippen molar-refractivity contribution in [3.8, 4) is 6.07 Å². The molecule has 0 radical (unpaired) electrons. The summed E-state index contributed by atoms with van der Waals surface area (Å²) in [5, 5.41) is 8.71. The first-order valence-corrected chi connectivity index (χ1v) is 5.55. The Morgan fingerprint density at radius 1 is 1.07 bits per heavy atom. The molecule has 0 heterocycles. The van der Waals surface area contributed by atoms with Crippen molar-refractivity contribution in [2.45, 2.75) is 37.6 Å². The second kappa shape index (κ2) is 4.46. The molecule has 0 saturated heterocycles. The van der Waals surface area contributed by atoms with Gasteiger partial charge in [0.15, 0.2) is 0 Å². The number of nitrogens with two attached hydrogens (primary N) is 1. The van der Waals surface area contributed by atoms with E-state index in [2.05, 4.69) is 18.2 Å². The van der Waals surface area contributed by atoms with Crippen LogP contribution >= 0.6 is 0 Å². The van der Waals surface area contributed by atoms with E-state index < -0.39 is 0 Å². The molecule has 0 spiro atoms. The number of nitriles is 1. The van der Waals surface area contributed by atoms with Crippen LogP contribution in [0, 0.1) is 11.3 Å². The van der Waals surface area contributed by atoms with Crippen LogP contribution in [0.2, 0.25) is 0 Å². The van der Waals surface area contributed by atoms with Crippen LogP contribution in [0.4, 0.5) is 0 Å². The molecule has 1 aliphatic rings. The lowest BCUT2D eigenvalue weighted by Gasteiger charge is -2.26. The van der Waals surface area contributed by atoms with Crippen molar-refractivity contribution in [3.05, 3.63) is 35.4 Å². The van der Waals surface area contributed by atoms with Crippen LogP contribution in [0.3, 0.4) is 0 Å². The van der Waals surface area contributed by atoms with E-state index in [9.17, 15) is 0 Å². The molecule has 0 aliphatic heterocycles. The first-order chi connectivity index (χ1) is 7.29. The van der Waals surface area contributed by atoms with E-state index in [1.165, 1.54) is 18.4 Å².